The van der Waals surface area contributed by atoms with Crippen LogP contribution < -0.4 is 0 Å². The highest BCUT2D eigenvalue weighted by Gasteiger charge is 2.12. The van der Waals surface area contributed by atoms with E-state index in [9.17, 15) is 5.11 Å². The fraction of sp³-hybridized carbons (Fsp3) is 0.231. The van der Waals surface area contributed by atoms with E-state index in [0.29, 0.717) is 6.42 Å². The fourth-order valence-electron chi connectivity index (χ4n) is 1.95. The molecule has 0 fully saturated rings. The molecule has 0 bridgehead atoms. The van der Waals surface area contributed by atoms with E-state index in [2.05, 4.69) is 9.97 Å². The minimum atomic E-state index is -0.554. The number of imidazole rings is 1. The van der Waals surface area contributed by atoms with Crippen molar-refractivity contribution in [3.8, 4) is 0 Å². The Morgan fingerprint density at radius 1 is 1.44 bits per heavy atom. The summed E-state index contributed by atoms with van der Waals surface area (Å²) in [6.45, 7) is 1.97. The highest BCUT2D eigenvalue weighted by molar-refractivity contribution is 7.15. The largest absolute Gasteiger partial charge is 0.388 e. The quantitative estimate of drug-likeness (QED) is 0.785. The molecule has 0 amide bonds. The molecule has 4 nitrogen and oxygen atoms in total. The predicted octanol–water partition coefficient (Wildman–Crippen LogP) is 2.38. The molecular weight excluding hydrogens is 246 g/mol. The summed E-state index contributed by atoms with van der Waals surface area (Å²) in [5.41, 5.74) is 2.79. The van der Waals surface area contributed by atoms with Gasteiger partial charge >= 0.3 is 0 Å². The number of pyridine rings is 1. The van der Waals surface area contributed by atoms with E-state index in [1.165, 1.54) is 0 Å². The first-order valence-corrected chi connectivity index (χ1v) is 6.61. The van der Waals surface area contributed by atoms with Gasteiger partial charge in [-0.1, -0.05) is 6.07 Å². The van der Waals surface area contributed by atoms with Crippen molar-refractivity contribution in [2.75, 3.05) is 0 Å². The lowest BCUT2D eigenvalue weighted by Crippen LogP contribution is -2.03. The Labute approximate surface area is 109 Å². The third kappa shape index (κ3) is 2.14. The summed E-state index contributed by atoms with van der Waals surface area (Å²) < 4.78 is 1.97. The van der Waals surface area contributed by atoms with Crippen molar-refractivity contribution >= 4 is 16.3 Å². The number of thiazole rings is 1. The number of rotatable bonds is 3. The molecule has 3 rings (SSSR count). The lowest BCUT2D eigenvalue weighted by Gasteiger charge is -2.09. The molecule has 1 atom stereocenters. The SMILES string of the molecule is Cc1cncc(C(O)Cc2cn3ccsc3n2)c1. The molecule has 3 heterocycles. The second kappa shape index (κ2) is 4.51. The van der Waals surface area contributed by atoms with Crippen molar-refractivity contribution in [2.24, 2.45) is 0 Å². The first-order chi connectivity index (χ1) is 8.72. The van der Waals surface area contributed by atoms with Crippen LogP contribution in [0.2, 0.25) is 0 Å². The maximum Gasteiger partial charge on any atom is 0.193 e. The van der Waals surface area contributed by atoms with Crippen LogP contribution in [-0.2, 0) is 6.42 Å². The van der Waals surface area contributed by atoms with Gasteiger partial charge in [-0.25, -0.2) is 4.98 Å². The number of hydrogen-bond acceptors (Lipinski definition) is 4. The molecule has 3 aromatic rings. The van der Waals surface area contributed by atoms with Gasteiger partial charge in [-0.15, -0.1) is 11.3 Å². The van der Waals surface area contributed by atoms with Crippen LogP contribution in [0.3, 0.4) is 0 Å². The Bertz CT molecular complexity index is 645. The van der Waals surface area contributed by atoms with Crippen LogP contribution in [0.1, 0.15) is 22.9 Å². The molecule has 0 saturated carbocycles. The minimum absolute atomic E-state index is 0.513. The standard InChI is InChI=1S/C13H13N3OS/c1-9-4-10(7-14-6-9)12(17)5-11-8-16-2-3-18-13(16)15-11/h2-4,6-8,12,17H,5H2,1H3. The van der Waals surface area contributed by atoms with Gasteiger partial charge in [0.05, 0.1) is 11.8 Å². The van der Waals surface area contributed by atoms with E-state index in [0.717, 1.165) is 21.8 Å². The second-order valence-electron chi connectivity index (χ2n) is 4.34. The van der Waals surface area contributed by atoms with Crippen molar-refractivity contribution in [3.05, 3.63) is 53.1 Å². The zero-order valence-electron chi connectivity index (χ0n) is 9.95. The van der Waals surface area contributed by atoms with E-state index >= 15 is 0 Å². The summed E-state index contributed by atoms with van der Waals surface area (Å²) in [6.07, 6.45) is 7.37. The maximum absolute atomic E-state index is 10.2. The van der Waals surface area contributed by atoms with Gasteiger partial charge < -0.3 is 5.11 Å². The molecule has 0 aromatic carbocycles. The minimum Gasteiger partial charge on any atom is -0.388 e. The highest BCUT2D eigenvalue weighted by atomic mass is 32.1. The van der Waals surface area contributed by atoms with Crippen molar-refractivity contribution in [1.29, 1.82) is 0 Å². The summed E-state index contributed by atoms with van der Waals surface area (Å²) in [5.74, 6) is 0. The number of aliphatic hydroxyl groups excluding tert-OH is 1. The zero-order valence-corrected chi connectivity index (χ0v) is 10.8. The van der Waals surface area contributed by atoms with Crippen LogP contribution in [0, 0.1) is 6.92 Å². The van der Waals surface area contributed by atoms with Crippen LogP contribution in [0.15, 0.2) is 36.2 Å². The molecule has 0 spiro atoms. The van der Waals surface area contributed by atoms with Crippen LogP contribution in [0.4, 0.5) is 0 Å². The number of aryl methyl sites for hydroxylation is 1. The van der Waals surface area contributed by atoms with Gasteiger partial charge in [0.1, 0.15) is 0 Å². The van der Waals surface area contributed by atoms with E-state index < -0.39 is 6.10 Å². The first-order valence-electron chi connectivity index (χ1n) is 5.73. The van der Waals surface area contributed by atoms with Gasteiger partial charge in [0.25, 0.3) is 0 Å². The fourth-order valence-corrected chi connectivity index (χ4v) is 2.67. The van der Waals surface area contributed by atoms with Gasteiger partial charge in [0, 0.05) is 36.6 Å². The van der Waals surface area contributed by atoms with Gasteiger partial charge in [-0.3, -0.25) is 9.38 Å². The number of nitrogens with zero attached hydrogens (tertiary/aromatic N) is 3. The molecular formula is C13H13N3OS. The molecule has 0 aliphatic rings. The summed E-state index contributed by atoms with van der Waals surface area (Å²) in [6, 6.07) is 1.95. The maximum atomic E-state index is 10.2. The predicted molar refractivity (Wildman–Crippen MR) is 70.7 cm³/mol. The number of fused-ring (bicyclic) bond motifs is 1. The number of aromatic nitrogens is 3. The number of hydrogen-bond donors (Lipinski definition) is 1. The monoisotopic (exact) mass is 259 g/mol. The lowest BCUT2D eigenvalue weighted by atomic mass is 10.1. The molecule has 0 aliphatic heterocycles. The Hall–Kier alpha value is -1.72. The molecule has 5 heteroatoms. The van der Waals surface area contributed by atoms with Crippen LogP contribution in [0.25, 0.3) is 4.96 Å². The average molecular weight is 259 g/mol. The molecule has 0 saturated heterocycles. The van der Waals surface area contributed by atoms with Crippen LogP contribution in [0.5, 0.6) is 0 Å². The third-order valence-electron chi connectivity index (χ3n) is 2.83. The van der Waals surface area contributed by atoms with Crippen LogP contribution in [-0.4, -0.2) is 19.5 Å². The summed E-state index contributed by atoms with van der Waals surface area (Å²) in [7, 11) is 0. The smallest absolute Gasteiger partial charge is 0.193 e. The average Bonchev–Trinajstić information content (AvgIpc) is 2.89. The van der Waals surface area contributed by atoms with E-state index in [-0.39, 0.29) is 0 Å². The van der Waals surface area contributed by atoms with E-state index in [4.69, 9.17) is 0 Å². The second-order valence-corrected chi connectivity index (χ2v) is 5.21. The molecule has 0 radical (unpaired) electrons. The van der Waals surface area contributed by atoms with Gasteiger partial charge in [0.15, 0.2) is 4.96 Å². The van der Waals surface area contributed by atoms with Crippen molar-refractivity contribution in [1.82, 2.24) is 14.4 Å². The zero-order chi connectivity index (χ0) is 12.5. The summed E-state index contributed by atoms with van der Waals surface area (Å²) >= 11 is 1.59. The third-order valence-corrected chi connectivity index (χ3v) is 3.60. The van der Waals surface area contributed by atoms with Crippen molar-refractivity contribution < 1.29 is 5.11 Å². The topological polar surface area (TPSA) is 50.4 Å². The molecule has 1 unspecified atom stereocenters. The molecule has 18 heavy (non-hydrogen) atoms. The van der Waals surface area contributed by atoms with Crippen LogP contribution >= 0.6 is 11.3 Å². The molecule has 1 N–H and O–H groups in total. The van der Waals surface area contributed by atoms with Crippen molar-refractivity contribution in [3.63, 3.8) is 0 Å². The van der Waals surface area contributed by atoms with Gasteiger partial charge in [-0.05, 0) is 18.1 Å². The lowest BCUT2D eigenvalue weighted by molar-refractivity contribution is 0.177. The Kier molecular flexibility index (Phi) is 2.85. The Balaban J connectivity index is 1.81. The summed E-state index contributed by atoms with van der Waals surface area (Å²) in [5, 5.41) is 12.2. The normalized spacial score (nSPS) is 13.0. The molecule has 3 aromatic heterocycles. The van der Waals surface area contributed by atoms with Gasteiger partial charge in [0.2, 0.25) is 0 Å². The van der Waals surface area contributed by atoms with E-state index in [1.807, 2.05) is 35.2 Å². The van der Waals surface area contributed by atoms with Crippen molar-refractivity contribution in [2.45, 2.75) is 19.4 Å². The molecule has 92 valence electrons. The Morgan fingerprint density at radius 2 is 2.33 bits per heavy atom. The summed E-state index contributed by atoms with van der Waals surface area (Å²) in [4.78, 5) is 9.52. The van der Waals surface area contributed by atoms with Gasteiger partial charge in [-0.2, -0.15) is 0 Å². The Morgan fingerprint density at radius 3 is 3.11 bits per heavy atom. The van der Waals surface area contributed by atoms with E-state index in [1.54, 1.807) is 23.7 Å². The molecule has 0 aliphatic carbocycles. The first kappa shape index (κ1) is 11.4. The highest BCUT2D eigenvalue weighted by Crippen LogP contribution is 2.19. The number of aliphatic hydroxyl groups is 1.